The fourth-order valence-corrected chi connectivity index (χ4v) is 2.80. The maximum Gasteiger partial charge on any atom is 0.469 e. The fourth-order valence-electron chi connectivity index (χ4n) is 2.50. The molecule has 12 heteroatoms. The lowest BCUT2D eigenvalue weighted by Crippen LogP contribution is -2.18. The first-order valence-electron chi connectivity index (χ1n) is 7.56. The summed E-state index contributed by atoms with van der Waals surface area (Å²) in [7, 11) is -4.76. The molecular formula is C15H17N2O9P. The van der Waals surface area contributed by atoms with Gasteiger partial charge in [0.2, 0.25) is 0 Å². The summed E-state index contributed by atoms with van der Waals surface area (Å²) in [6, 6.07) is 0. The summed E-state index contributed by atoms with van der Waals surface area (Å²) in [4.78, 5) is 48.0. The Morgan fingerprint density at radius 3 is 2.59 bits per heavy atom. The van der Waals surface area contributed by atoms with Crippen molar-refractivity contribution in [1.82, 2.24) is 4.98 Å². The normalized spacial score (nSPS) is 18.6. The molecule has 0 saturated heterocycles. The second-order valence-corrected chi connectivity index (χ2v) is 7.00. The zero-order chi connectivity index (χ0) is 20.4. The number of aromatic hydroxyl groups is 1. The van der Waals surface area contributed by atoms with Crippen molar-refractivity contribution < 1.29 is 43.8 Å². The first-order valence-corrected chi connectivity index (χ1v) is 9.09. The summed E-state index contributed by atoms with van der Waals surface area (Å²) in [5.41, 5.74) is 0.533. The molecule has 11 nitrogen and oxygen atoms in total. The molecule has 146 valence electrons. The summed E-state index contributed by atoms with van der Waals surface area (Å²) in [6.07, 6.45) is 2.19. The Hall–Kier alpha value is -2.59. The molecular weight excluding hydrogens is 383 g/mol. The second kappa shape index (κ2) is 7.97. The van der Waals surface area contributed by atoms with Gasteiger partial charge in [-0.15, -0.1) is 0 Å². The molecule has 0 unspecified atom stereocenters. The van der Waals surface area contributed by atoms with Crippen LogP contribution in [0.15, 0.2) is 22.8 Å². The summed E-state index contributed by atoms with van der Waals surface area (Å²) in [6.45, 7) is 0.709. The molecule has 0 bridgehead atoms. The molecule has 0 aliphatic heterocycles. The Kier molecular flexibility index (Phi) is 6.11. The number of aliphatic carboxylic acids is 2. The van der Waals surface area contributed by atoms with E-state index < -0.39 is 32.3 Å². The van der Waals surface area contributed by atoms with E-state index in [1.807, 2.05) is 0 Å². The molecule has 5 N–H and O–H groups in total. The van der Waals surface area contributed by atoms with Gasteiger partial charge in [0.25, 0.3) is 0 Å². The molecule has 2 rings (SSSR count). The molecule has 0 radical (unpaired) electrons. The highest BCUT2D eigenvalue weighted by atomic mass is 31.2. The number of hydrogen-bond donors (Lipinski definition) is 5. The van der Waals surface area contributed by atoms with E-state index in [2.05, 4.69) is 14.5 Å². The van der Waals surface area contributed by atoms with Crippen LogP contribution in [0.3, 0.4) is 0 Å². The molecule has 0 spiro atoms. The number of phosphoric acid groups is 1. The molecule has 1 aliphatic rings. The lowest BCUT2D eigenvalue weighted by Gasteiger charge is -2.13. The lowest BCUT2D eigenvalue weighted by molar-refractivity contribution is -0.138. The largest absolute Gasteiger partial charge is 0.506 e. The van der Waals surface area contributed by atoms with Crippen molar-refractivity contribution in [2.24, 2.45) is 10.9 Å². The fraction of sp³-hybridized carbons (Fsp3) is 0.333. The summed E-state index contributed by atoms with van der Waals surface area (Å²) in [5, 5.41) is 28.4. The first-order chi connectivity index (χ1) is 12.5. The number of pyridine rings is 1. The van der Waals surface area contributed by atoms with Crippen molar-refractivity contribution in [3.05, 3.63) is 34.7 Å². The van der Waals surface area contributed by atoms with E-state index in [0.29, 0.717) is 0 Å². The van der Waals surface area contributed by atoms with E-state index >= 15 is 0 Å². The molecule has 0 saturated carbocycles. The van der Waals surface area contributed by atoms with Crippen LogP contribution in [0, 0.1) is 12.8 Å². The van der Waals surface area contributed by atoms with E-state index in [1.165, 1.54) is 13.1 Å². The maximum atomic E-state index is 11.3. The number of carbonyl (C=O) groups is 2. The Labute approximate surface area is 152 Å². The van der Waals surface area contributed by atoms with Crippen LogP contribution in [0.4, 0.5) is 0 Å². The van der Waals surface area contributed by atoms with Gasteiger partial charge in [-0.1, -0.05) is 6.08 Å². The zero-order valence-electron chi connectivity index (χ0n) is 14.1. The number of aromatic nitrogens is 1. The third-order valence-electron chi connectivity index (χ3n) is 3.90. The Morgan fingerprint density at radius 1 is 1.37 bits per heavy atom. The van der Waals surface area contributed by atoms with E-state index in [4.69, 9.17) is 14.9 Å². The van der Waals surface area contributed by atoms with Crippen LogP contribution in [-0.2, 0) is 31.8 Å². The van der Waals surface area contributed by atoms with Crippen LogP contribution >= 0.6 is 7.82 Å². The van der Waals surface area contributed by atoms with Gasteiger partial charge in [-0.05, 0) is 6.92 Å². The van der Waals surface area contributed by atoms with Crippen LogP contribution in [0.5, 0.6) is 5.75 Å². The molecule has 27 heavy (non-hydrogen) atoms. The maximum absolute atomic E-state index is 11.3. The highest BCUT2D eigenvalue weighted by molar-refractivity contribution is 7.46. The highest BCUT2D eigenvalue weighted by Crippen LogP contribution is 2.38. The monoisotopic (exact) mass is 400 g/mol. The van der Waals surface area contributed by atoms with Crippen LogP contribution in [-0.4, -0.2) is 47.7 Å². The number of aryl methyl sites for hydroxylation is 1. The Balaban J connectivity index is 2.32. The second-order valence-electron chi connectivity index (χ2n) is 5.76. The van der Waals surface area contributed by atoms with E-state index in [-0.39, 0.29) is 46.8 Å². The number of hydrogen-bond acceptors (Lipinski definition) is 7. The minimum atomic E-state index is -4.76. The third-order valence-corrected chi connectivity index (χ3v) is 4.36. The van der Waals surface area contributed by atoms with Gasteiger partial charge in [0.15, 0.2) is 0 Å². The Morgan fingerprint density at radius 2 is 2.04 bits per heavy atom. The van der Waals surface area contributed by atoms with Crippen LogP contribution in [0.1, 0.15) is 23.2 Å². The minimum Gasteiger partial charge on any atom is -0.506 e. The van der Waals surface area contributed by atoms with Gasteiger partial charge in [0.1, 0.15) is 11.7 Å². The third kappa shape index (κ3) is 5.20. The summed E-state index contributed by atoms with van der Waals surface area (Å²) < 4.78 is 15.3. The molecule has 0 amide bonds. The SMILES string of the molecule is Cc1ncc(COP(=O)(O)O)c(CN=C2CC(C(=O)O)=C[C@H]2C(=O)O)c1O. The van der Waals surface area contributed by atoms with E-state index in [1.54, 1.807) is 0 Å². The number of aliphatic imine (C=N–C) groups is 1. The molecule has 1 heterocycles. The smallest absolute Gasteiger partial charge is 0.469 e. The molecule has 0 fully saturated rings. The van der Waals surface area contributed by atoms with Crippen molar-refractivity contribution >= 4 is 25.5 Å². The van der Waals surface area contributed by atoms with Gasteiger partial charge in [0.05, 0.1) is 18.8 Å². The van der Waals surface area contributed by atoms with Crippen LogP contribution in [0.25, 0.3) is 0 Å². The standard InChI is InChI=1S/C15H17N2O9P/c1-7-13(18)11(9(4-16-7)6-26-27(23,24)25)5-17-12-3-8(14(19)20)2-10(12)15(21)22/h2,4,10,18H,3,5-6H2,1H3,(H,19,20)(H,21,22)(H2,23,24,25)/t10-/m1/s1. The van der Waals surface area contributed by atoms with Crippen LogP contribution < -0.4 is 0 Å². The average Bonchev–Trinajstić information content (AvgIpc) is 2.99. The van der Waals surface area contributed by atoms with Gasteiger partial charge < -0.3 is 25.1 Å². The molecule has 1 aromatic heterocycles. The van der Waals surface area contributed by atoms with Crippen molar-refractivity contribution in [2.75, 3.05) is 0 Å². The number of phosphoric ester groups is 1. The quantitative estimate of drug-likeness (QED) is 0.409. The average molecular weight is 400 g/mol. The van der Waals surface area contributed by atoms with Crippen LogP contribution in [0.2, 0.25) is 0 Å². The molecule has 1 aliphatic carbocycles. The predicted molar refractivity (Wildman–Crippen MR) is 90.1 cm³/mol. The highest BCUT2D eigenvalue weighted by Gasteiger charge is 2.31. The zero-order valence-corrected chi connectivity index (χ0v) is 15.0. The number of rotatable bonds is 7. The molecule has 1 aromatic rings. The van der Waals surface area contributed by atoms with Crippen molar-refractivity contribution in [2.45, 2.75) is 26.5 Å². The number of carboxylic acid groups (broad SMARTS) is 2. The van der Waals surface area contributed by atoms with Gasteiger partial charge in [-0.25, -0.2) is 9.36 Å². The van der Waals surface area contributed by atoms with Gasteiger partial charge >= 0.3 is 19.8 Å². The van der Waals surface area contributed by atoms with Crippen molar-refractivity contribution in [3.8, 4) is 5.75 Å². The van der Waals surface area contributed by atoms with Crippen molar-refractivity contribution in [3.63, 3.8) is 0 Å². The molecule has 0 aromatic carbocycles. The molecule has 1 atom stereocenters. The van der Waals surface area contributed by atoms with E-state index in [0.717, 1.165) is 6.08 Å². The van der Waals surface area contributed by atoms with E-state index in [9.17, 15) is 24.4 Å². The van der Waals surface area contributed by atoms with Gasteiger partial charge in [-0.2, -0.15) is 0 Å². The predicted octanol–water partition coefficient (Wildman–Crippen LogP) is 0.761. The summed E-state index contributed by atoms with van der Waals surface area (Å²) >= 11 is 0. The lowest BCUT2D eigenvalue weighted by atomic mass is 10.1. The summed E-state index contributed by atoms with van der Waals surface area (Å²) in [5.74, 6) is -3.98. The topological polar surface area (TPSA) is 187 Å². The minimum absolute atomic E-state index is 0.0932. The Bertz CT molecular complexity index is 888. The van der Waals surface area contributed by atoms with Crippen molar-refractivity contribution in [1.29, 1.82) is 0 Å². The number of nitrogens with zero attached hydrogens (tertiary/aromatic N) is 2. The number of carboxylic acids is 2. The van der Waals surface area contributed by atoms with Gasteiger partial charge in [0, 0.05) is 35.0 Å². The first kappa shape index (κ1) is 20.7. The van der Waals surface area contributed by atoms with Gasteiger partial charge in [-0.3, -0.25) is 19.3 Å².